The van der Waals surface area contributed by atoms with Crippen molar-refractivity contribution in [2.24, 2.45) is 5.92 Å². The zero-order chi connectivity index (χ0) is 8.43. The summed E-state index contributed by atoms with van der Waals surface area (Å²) in [4.78, 5) is 10.5. The number of carboxylic acid groups (broad SMARTS) is 1. The van der Waals surface area contributed by atoms with E-state index < -0.39 is 5.97 Å². The smallest absolute Gasteiger partial charge is 0.321 e. The van der Waals surface area contributed by atoms with Gasteiger partial charge in [0.1, 0.15) is 6.04 Å². The summed E-state index contributed by atoms with van der Waals surface area (Å²) in [5.41, 5.74) is 0. The molecule has 64 valence electrons. The minimum absolute atomic E-state index is 0.316. The lowest BCUT2D eigenvalue weighted by atomic mass is 10.2. The van der Waals surface area contributed by atoms with Gasteiger partial charge < -0.3 is 5.11 Å². The molecule has 0 spiro atoms. The van der Waals surface area contributed by atoms with Gasteiger partial charge in [-0.2, -0.15) is 0 Å². The van der Waals surface area contributed by atoms with Gasteiger partial charge >= 0.3 is 5.97 Å². The summed E-state index contributed by atoms with van der Waals surface area (Å²) in [6.07, 6.45) is 0. The van der Waals surface area contributed by atoms with Crippen LogP contribution < -0.4 is 5.32 Å². The molecule has 0 aromatic carbocycles. The van der Waals surface area contributed by atoms with Crippen LogP contribution in [0, 0.1) is 5.92 Å². The van der Waals surface area contributed by atoms with Crippen molar-refractivity contribution in [3.8, 4) is 0 Å². The molecule has 0 unspecified atom stereocenters. The summed E-state index contributed by atoms with van der Waals surface area (Å²) >= 11 is 1.69. The SMILES string of the molecule is CC(C)[C@H]1N[C@@H](C(=O)O)CS1. The molecule has 2 N–H and O–H groups in total. The van der Waals surface area contributed by atoms with E-state index in [1.54, 1.807) is 11.8 Å². The first-order valence-corrected chi connectivity index (χ1v) is 4.76. The maximum Gasteiger partial charge on any atom is 0.321 e. The molecule has 0 amide bonds. The first-order valence-electron chi connectivity index (χ1n) is 3.71. The Morgan fingerprint density at radius 1 is 1.73 bits per heavy atom. The van der Waals surface area contributed by atoms with Gasteiger partial charge in [-0.25, -0.2) is 0 Å². The van der Waals surface area contributed by atoms with Crippen molar-refractivity contribution in [2.75, 3.05) is 5.75 Å². The van der Waals surface area contributed by atoms with E-state index in [1.807, 2.05) is 0 Å². The summed E-state index contributed by atoms with van der Waals surface area (Å²) in [6.45, 7) is 4.18. The fraction of sp³-hybridized carbons (Fsp3) is 0.857. The predicted octanol–water partition coefficient (Wildman–Crippen LogP) is 0.758. The van der Waals surface area contributed by atoms with E-state index >= 15 is 0 Å². The van der Waals surface area contributed by atoms with Crippen molar-refractivity contribution in [3.63, 3.8) is 0 Å². The van der Waals surface area contributed by atoms with Crippen LogP contribution in [0.3, 0.4) is 0 Å². The number of hydrogen-bond donors (Lipinski definition) is 2. The summed E-state index contributed by atoms with van der Waals surface area (Å²) < 4.78 is 0. The van der Waals surface area contributed by atoms with Crippen LogP contribution in [0.5, 0.6) is 0 Å². The van der Waals surface area contributed by atoms with E-state index in [4.69, 9.17) is 5.11 Å². The van der Waals surface area contributed by atoms with Gasteiger partial charge in [0, 0.05) is 5.75 Å². The molecule has 4 heteroatoms. The van der Waals surface area contributed by atoms with Gasteiger partial charge in [0.2, 0.25) is 0 Å². The molecule has 11 heavy (non-hydrogen) atoms. The standard InChI is InChI=1S/C7H13NO2S/c1-4(2)6-8-5(3-11-6)7(9)10/h4-6,8H,3H2,1-2H3,(H,9,10)/t5-,6+/m1/s1. The number of aliphatic carboxylic acids is 1. The Kier molecular flexibility index (Phi) is 2.78. The summed E-state index contributed by atoms with van der Waals surface area (Å²) in [5.74, 6) is 0.461. The lowest BCUT2D eigenvalue weighted by Gasteiger charge is -2.13. The third-order valence-corrected chi connectivity index (χ3v) is 3.28. The van der Waals surface area contributed by atoms with Gasteiger partial charge in [0.05, 0.1) is 5.37 Å². The zero-order valence-corrected chi connectivity index (χ0v) is 7.52. The fourth-order valence-electron chi connectivity index (χ4n) is 1.02. The molecule has 0 bridgehead atoms. The molecule has 1 rings (SSSR count). The quantitative estimate of drug-likeness (QED) is 0.650. The Bertz CT molecular complexity index is 161. The Labute approximate surface area is 70.6 Å². The molecule has 1 saturated heterocycles. The number of carboxylic acids is 1. The minimum atomic E-state index is -0.736. The highest BCUT2D eigenvalue weighted by atomic mass is 32.2. The van der Waals surface area contributed by atoms with Gasteiger partial charge in [-0.15, -0.1) is 11.8 Å². The van der Waals surface area contributed by atoms with Crippen LogP contribution in [0.1, 0.15) is 13.8 Å². The molecular weight excluding hydrogens is 162 g/mol. The van der Waals surface area contributed by atoms with Gasteiger partial charge in [0.25, 0.3) is 0 Å². The number of rotatable bonds is 2. The topological polar surface area (TPSA) is 49.3 Å². The van der Waals surface area contributed by atoms with E-state index in [0.29, 0.717) is 17.0 Å². The number of hydrogen-bond acceptors (Lipinski definition) is 3. The second-order valence-electron chi connectivity index (χ2n) is 3.06. The molecule has 1 aliphatic rings. The maximum absolute atomic E-state index is 10.5. The molecule has 0 saturated carbocycles. The third kappa shape index (κ3) is 2.10. The molecule has 3 nitrogen and oxygen atoms in total. The highest BCUT2D eigenvalue weighted by Gasteiger charge is 2.30. The normalized spacial score (nSPS) is 31.2. The Hall–Kier alpha value is -0.220. The molecule has 0 aromatic rings. The molecule has 2 atom stereocenters. The molecule has 0 aromatic heterocycles. The van der Waals surface area contributed by atoms with Crippen LogP contribution in [0.4, 0.5) is 0 Å². The lowest BCUT2D eigenvalue weighted by Crippen LogP contribution is -2.38. The summed E-state index contributed by atoms with van der Waals surface area (Å²) in [6, 6.07) is -0.340. The van der Waals surface area contributed by atoms with Gasteiger partial charge in [-0.1, -0.05) is 13.8 Å². The first-order chi connectivity index (χ1) is 5.11. The van der Waals surface area contributed by atoms with Gasteiger partial charge in [-0.3, -0.25) is 10.1 Å². The third-order valence-electron chi connectivity index (χ3n) is 1.71. The van der Waals surface area contributed by atoms with Crippen LogP contribution in [-0.2, 0) is 4.79 Å². The van der Waals surface area contributed by atoms with Crippen molar-refractivity contribution >= 4 is 17.7 Å². The molecule has 1 fully saturated rings. The van der Waals surface area contributed by atoms with Crippen molar-refractivity contribution < 1.29 is 9.90 Å². The Morgan fingerprint density at radius 2 is 2.36 bits per heavy atom. The van der Waals surface area contributed by atoms with Crippen molar-refractivity contribution in [1.29, 1.82) is 0 Å². The second kappa shape index (κ2) is 3.45. The van der Waals surface area contributed by atoms with Crippen LogP contribution in [0.15, 0.2) is 0 Å². The average molecular weight is 175 g/mol. The zero-order valence-electron chi connectivity index (χ0n) is 6.70. The summed E-state index contributed by atoms with van der Waals surface area (Å²) in [7, 11) is 0. The molecule has 1 heterocycles. The number of carbonyl (C=O) groups is 1. The lowest BCUT2D eigenvalue weighted by molar-refractivity contribution is -0.138. The van der Waals surface area contributed by atoms with Crippen LogP contribution in [-0.4, -0.2) is 28.2 Å². The van der Waals surface area contributed by atoms with E-state index in [0.717, 1.165) is 0 Å². The summed E-state index contributed by atoms with van der Waals surface area (Å²) in [5, 5.41) is 12.0. The van der Waals surface area contributed by atoms with E-state index in [2.05, 4.69) is 19.2 Å². The minimum Gasteiger partial charge on any atom is -0.480 e. The molecule has 0 radical (unpaired) electrons. The van der Waals surface area contributed by atoms with Gasteiger partial charge in [-0.05, 0) is 5.92 Å². The van der Waals surface area contributed by atoms with Crippen LogP contribution in [0.25, 0.3) is 0 Å². The van der Waals surface area contributed by atoms with Gasteiger partial charge in [0.15, 0.2) is 0 Å². The average Bonchev–Trinajstić information content (AvgIpc) is 2.33. The van der Waals surface area contributed by atoms with E-state index in [-0.39, 0.29) is 6.04 Å². The monoisotopic (exact) mass is 175 g/mol. The highest BCUT2D eigenvalue weighted by molar-refractivity contribution is 8.00. The van der Waals surface area contributed by atoms with Crippen molar-refractivity contribution in [2.45, 2.75) is 25.3 Å². The fourth-order valence-corrected chi connectivity index (χ4v) is 2.31. The molecular formula is C7H13NO2S. The van der Waals surface area contributed by atoms with Crippen LogP contribution in [0.2, 0.25) is 0 Å². The number of nitrogens with one attached hydrogen (secondary N) is 1. The number of thioether (sulfide) groups is 1. The Morgan fingerprint density at radius 3 is 2.64 bits per heavy atom. The highest BCUT2D eigenvalue weighted by Crippen LogP contribution is 2.24. The van der Waals surface area contributed by atoms with E-state index in [1.165, 1.54) is 0 Å². The first kappa shape index (κ1) is 8.87. The Balaban J connectivity index is 2.41. The second-order valence-corrected chi connectivity index (χ2v) is 4.23. The molecule has 1 aliphatic heterocycles. The van der Waals surface area contributed by atoms with Crippen molar-refractivity contribution in [3.05, 3.63) is 0 Å². The van der Waals surface area contributed by atoms with E-state index in [9.17, 15) is 4.79 Å². The predicted molar refractivity (Wildman–Crippen MR) is 45.6 cm³/mol. The van der Waals surface area contributed by atoms with Crippen LogP contribution >= 0.6 is 11.8 Å². The largest absolute Gasteiger partial charge is 0.480 e. The molecule has 0 aliphatic carbocycles. The van der Waals surface area contributed by atoms with Crippen molar-refractivity contribution in [1.82, 2.24) is 5.32 Å². The maximum atomic E-state index is 10.5.